The number of hydrogen-bond donors (Lipinski definition) is 0. The zero-order chi connectivity index (χ0) is 12.6. The van der Waals surface area contributed by atoms with Gasteiger partial charge in [0.05, 0.1) is 0 Å². The highest BCUT2D eigenvalue weighted by Gasteiger charge is 2.26. The molecule has 0 N–H and O–H groups in total. The van der Waals surface area contributed by atoms with Crippen LogP contribution in [0.4, 0.5) is 0 Å². The molecule has 1 atom stereocenters. The molecule has 0 aliphatic heterocycles. The first kappa shape index (κ1) is 15.8. The van der Waals surface area contributed by atoms with Crippen molar-refractivity contribution in [1.82, 2.24) is 0 Å². The highest BCUT2D eigenvalue weighted by atomic mass is 31.2. The van der Waals surface area contributed by atoms with Crippen molar-refractivity contribution in [1.29, 1.82) is 0 Å². The van der Waals surface area contributed by atoms with E-state index >= 15 is 0 Å². The van der Waals surface area contributed by atoms with Crippen LogP contribution in [0.3, 0.4) is 0 Å². The van der Waals surface area contributed by atoms with Crippen molar-refractivity contribution in [3.05, 3.63) is 0 Å². The quantitative estimate of drug-likeness (QED) is 0.589. The summed E-state index contributed by atoms with van der Waals surface area (Å²) >= 11 is 0. The highest BCUT2D eigenvalue weighted by molar-refractivity contribution is 7.54. The van der Waals surface area contributed by atoms with E-state index in [1.54, 1.807) is 0 Å². The van der Waals surface area contributed by atoms with E-state index in [9.17, 15) is 9.36 Å². The number of hydrogen-bond acceptors (Lipinski definition) is 4. The van der Waals surface area contributed by atoms with Crippen LogP contribution in [0.2, 0.25) is 0 Å². The molecule has 0 amide bonds. The van der Waals surface area contributed by atoms with E-state index in [-0.39, 0.29) is 11.9 Å². The van der Waals surface area contributed by atoms with Crippen molar-refractivity contribution >= 4 is 13.4 Å². The summed E-state index contributed by atoms with van der Waals surface area (Å²) in [6.45, 7) is 4.17. The summed E-state index contributed by atoms with van der Waals surface area (Å²) in [4.78, 5) is 11.7. The average molecular weight is 250 g/mol. The molecule has 0 saturated carbocycles. The molecule has 16 heavy (non-hydrogen) atoms. The molecule has 0 aromatic rings. The van der Waals surface area contributed by atoms with E-state index in [1.807, 2.05) is 0 Å². The fraction of sp³-hybridized carbons (Fsp3) is 0.909. The molecular formula is C11H23O4P. The summed E-state index contributed by atoms with van der Waals surface area (Å²) in [6, 6.07) is 0. The SMILES string of the molecule is CCCC(CC)CC(=O)CP(=O)(OC)OC. The first-order valence-corrected chi connectivity index (χ1v) is 7.46. The van der Waals surface area contributed by atoms with E-state index < -0.39 is 7.60 Å². The molecule has 5 heteroatoms. The minimum Gasteiger partial charge on any atom is -0.312 e. The zero-order valence-corrected chi connectivity index (χ0v) is 11.6. The lowest BCUT2D eigenvalue weighted by Crippen LogP contribution is -2.13. The van der Waals surface area contributed by atoms with Crippen molar-refractivity contribution in [2.45, 2.75) is 39.5 Å². The molecule has 4 nitrogen and oxygen atoms in total. The van der Waals surface area contributed by atoms with Gasteiger partial charge in [-0.05, 0) is 5.92 Å². The van der Waals surface area contributed by atoms with E-state index in [0.29, 0.717) is 12.3 Å². The topological polar surface area (TPSA) is 52.6 Å². The van der Waals surface area contributed by atoms with E-state index in [4.69, 9.17) is 9.05 Å². The molecule has 0 rings (SSSR count). The van der Waals surface area contributed by atoms with Crippen LogP contribution in [0.1, 0.15) is 39.5 Å². The van der Waals surface area contributed by atoms with Gasteiger partial charge in [0, 0.05) is 20.6 Å². The Morgan fingerprint density at radius 1 is 1.25 bits per heavy atom. The van der Waals surface area contributed by atoms with Crippen LogP contribution in [-0.2, 0) is 18.4 Å². The van der Waals surface area contributed by atoms with Gasteiger partial charge in [0.25, 0.3) is 0 Å². The van der Waals surface area contributed by atoms with E-state index in [0.717, 1.165) is 19.3 Å². The van der Waals surface area contributed by atoms with Gasteiger partial charge in [-0.2, -0.15) is 0 Å². The normalized spacial score (nSPS) is 13.8. The Balaban J connectivity index is 4.20. The Labute approximate surface area is 98.2 Å². The van der Waals surface area contributed by atoms with Crippen LogP contribution in [-0.4, -0.2) is 26.2 Å². The largest absolute Gasteiger partial charge is 0.337 e. The molecule has 1 unspecified atom stereocenters. The van der Waals surface area contributed by atoms with Crippen molar-refractivity contribution < 1.29 is 18.4 Å². The summed E-state index contributed by atoms with van der Waals surface area (Å²) in [5, 5.41) is 0. The number of rotatable bonds is 9. The monoisotopic (exact) mass is 250 g/mol. The Kier molecular flexibility index (Phi) is 7.90. The molecule has 0 saturated heterocycles. The maximum absolute atomic E-state index is 11.7. The first-order valence-electron chi connectivity index (χ1n) is 5.73. The minimum atomic E-state index is -3.17. The molecule has 0 aliphatic rings. The molecule has 0 fully saturated rings. The molecule has 0 heterocycles. The van der Waals surface area contributed by atoms with Crippen molar-refractivity contribution in [2.24, 2.45) is 5.92 Å². The van der Waals surface area contributed by atoms with Crippen molar-refractivity contribution in [3.63, 3.8) is 0 Å². The zero-order valence-electron chi connectivity index (χ0n) is 10.7. The van der Waals surface area contributed by atoms with Gasteiger partial charge in [-0.25, -0.2) is 0 Å². The van der Waals surface area contributed by atoms with Gasteiger partial charge < -0.3 is 9.05 Å². The Bertz CT molecular complexity index is 244. The third kappa shape index (κ3) is 5.78. The molecular weight excluding hydrogens is 227 g/mol. The van der Waals surface area contributed by atoms with Gasteiger partial charge in [-0.15, -0.1) is 0 Å². The van der Waals surface area contributed by atoms with Gasteiger partial charge in [0.2, 0.25) is 0 Å². The second-order valence-corrected chi connectivity index (χ2v) is 6.21. The fourth-order valence-corrected chi connectivity index (χ4v) is 2.63. The van der Waals surface area contributed by atoms with Crippen LogP contribution in [0.25, 0.3) is 0 Å². The molecule has 0 aromatic heterocycles. The van der Waals surface area contributed by atoms with E-state index in [1.165, 1.54) is 14.2 Å². The molecule has 0 aliphatic carbocycles. The molecule has 0 spiro atoms. The smallest absolute Gasteiger partial charge is 0.312 e. The third-order valence-electron chi connectivity index (χ3n) is 2.72. The first-order chi connectivity index (χ1) is 7.51. The molecule has 0 aromatic carbocycles. The number of carbonyl (C=O) groups excluding carboxylic acids is 1. The van der Waals surface area contributed by atoms with Crippen LogP contribution < -0.4 is 0 Å². The van der Waals surface area contributed by atoms with Gasteiger partial charge in [-0.1, -0.05) is 33.1 Å². The summed E-state index contributed by atoms with van der Waals surface area (Å²) in [6.07, 6.45) is 3.44. The standard InChI is InChI=1S/C11H23O4P/c1-5-7-10(6-2)8-11(12)9-16(13,14-3)15-4/h10H,5-9H2,1-4H3. The van der Waals surface area contributed by atoms with Gasteiger partial charge in [0.15, 0.2) is 0 Å². The van der Waals surface area contributed by atoms with Crippen LogP contribution in [0, 0.1) is 5.92 Å². The summed E-state index contributed by atoms with van der Waals surface area (Å²) < 4.78 is 21.2. The summed E-state index contributed by atoms with van der Waals surface area (Å²) in [5.41, 5.74) is 0. The third-order valence-corrected chi connectivity index (χ3v) is 4.57. The molecule has 0 radical (unpaired) electrons. The molecule has 0 bridgehead atoms. The number of carbonyl (C=O) groups is 1. The number of Topliss-reactive ketones (excluding diaryl/α,β-unsaturated/α-hetero) is 1. The van der Waals surface area contributed by atoms with Crippen LogP contribution in [0.5, 0.6) is 0 Å². The fourth-order valence-electron chi connectivity index (χ4n) is 1.66. The predicted molar refractivity (Wildman–Crippen MR) is 64.8 cm³/mol. The van der Waals surface area contributed by atoms with Crippen LogP contribution >= 0.6 is 7.60 Å². The Morgan fingerprint density at radius 3 is 2.19 bits per heavy atom. The molecule has 96 valence electrons. The highest BCUT2D eigenvalue weighted by Crippen LogP contribution is 2.46. The van der Waals surface area contributed by atoms with Crippen molar-refractivity contribution in [3.8, 4) is 0 Å². The number of ketones is 1. The lowest BCUT2D eigenvalue weighted by molar-refractivity contribution is -0.117. The minimum absolute atomic E-state index is 0.0349. The second kappa shape index (κ2) is 7.99. The maximum Gasteiger partial charge on any atom is 0.337 e. The van der Waals surface area contributed by atoms with Crippen LogP contribution in [0.15, 0.2) is 0 Å². The predicted octanol–water partition coefficient (Wildman–Crippen LogP) is 3.26. The van der Waals surface area contributed by atoms with Gasteiger partial charge in [-0.3, -0.25) is 9.36 Å². The lowest BCUT2D eigenvalue weighted by atomic mass is 9.95. The van der Waals surface area contributed by atoms with Crippen molar-refractivity contribution in [2.75, 3.05) is 20.4 Å². The Hall–Kier alpha value is -0.180. The maximum atomic E-state index is 11.7. The summed E-state index contributed by atoms with van der Waals surface area (Å²) in [7, 11) is -0.560. The Morgan fingerprint density at radius 2 is 1.81 bits per heavy atom. The average Bonchev–Trinajstić information content (AvgIpc) is 2.28. The summed E-state index contributed by atoms with van der Waals surface area (Å²) in [5.74, 6) is 0.354. The van der Waals surface area contributed by atoms with Gasteiger partial charge in [0.1, 0.15) is 11.9 Å². The van der Waals surface area contributed by atoms with E-state index in [2.05, 4.69) is 13.8 Å². The second-order valence-electron chi connectivity index (χ2n) is 3.94. The lowest BCUT2D eigenvalue weighted by Gasteiger charge is -2.15. The van der Waals surface area contributed by atoms with Gasteiger partial charge >= 0.3 is 7.60 Å².